The molecular weight excluding hydrogens is 186 g/mol. The lowest BCUT2D eigenvalue weighted by Crippen LogP contribution is -2.37. The highest BCUT2D eigenvalue weighted by molar-refractivity contribution is 4.81. The van der Waals surface area contributed by atoms with Crippen molar-refractivity contribution >= 4 is 0 Å². The average molecular weight is 211 g/mol. The van der Waals surface area contributed by atoms with Crippen LogP contribution < -0.4 is 5.32 Å². The van der Waals surface area contributed by atoms with Crippen molar-refractivity contribution in [1.29, 1.82) is 0 Å². The molecule has 0 saturated heterocycles. The van der Waals surface area contributed by atoms with Crippen LogP contribution in [0.15, 0.2) is 0 Å². The van der Waals surface area contributed by atoms with E-state index in [1.165, 1.54) is 38.5 Å². The maximum absolute atomic E-state index is 9.72. The summed E-state index contributed by atoms with van der Waals surface area (Å²) >= 11 is 0. The summed E-state index contributed by atoms with van der Waals surface area (Å²) < 4.78 is 0. The van der Waals surface area contributed by atoms with Gasteiger partial charge >= 0.3 is 0 Å². The monoisotopic (exact) mass is 211 g/mol. The van der Waals surface area contributed by atoms with E-state index in [-0.39, 0.29) is 6.10 Å². The van der Waals surface area contributed by atoms with Crippen molar-refractivity contribution in [1.82, 2.24) is 5.32 Å². The third kappa shape index (κ3) is 3.18. The summed E-state index contributed by atoms with van der Waals surface area (Å²) in [6.07, 6.45) is 8.87. The smallest absolute Gasteiger partial charge is 0.0580 e. The average Bonchev–Trinajstić information content (AvgIpc) is 2.63. The zero-order chi connectivity index (χ0) is 10.7. The van der Waals surface area contributed by atoms with Gasteiger partial charge in [-0.05, 0) is 50.4 Å². The number of hydrogen-bond acceptors (Lipinski definition) is 2. The lowest BCUT2D eigenvalue weighted by molar-refractivity contribution is 0.127. The van der Waals surface area contributed by atoms with Crippen LogP contribution in [-0.2, 0) is 0 Å². The van der Waals surface area contributed by atoms with Crippen LogP contribution in [0.5, 0.6) is 0 Å². The van der Waals surface area contributed by atoms with E-state index in [2.05, 4.69) is 12.2 Å². The second-order valence-electron chi connectivity index (χ2n) is 5.62. The Morgan fingerprint density at radius 3 is 2.40 bits per heavy atom. The molecule has 2 atom stereocenters. The van der Waals surface area contributed by atoms with Gasteiger partial charge in [0.1, 0.15) is 0 Å². The van der Waals surface area contributed by atoms with Crippen molar-refractivity contribution in [3.8, 4) is 0 Å². The minimum atomic E-state index is -0.0278. The summed E-state index contributed by atoms with van der Waals surface area (Å²) in [5, 5.41) is 13.4. The zero-order valence-corrected chi connectivity index (χ0v) is 9.91. The predicted octanol–water partition coefficient (Wildman–Crippen LogP) is 2.32. The SMILES string of the molecule is CC1CCC(NCC2CCCC2O)CC1. The highest BCUT2D eigenvalue weighted by Gasteiger charge is 2.26. The number of hydrogen-bond donors (Lipinski definition) is 2. The molecule has 0 bridgehead atoms. The van der Waals surface area contributed by atoms with Gasteiger partial charge in [-0.25, -0.2) is 0 Å². The highest BCUT2D eigenvalue weighted by atomic mass is 16.3. The maximum Gasteiger partial charge on any atom is 0.0580 e. The van der Waals surface area contributed by atoms with Gasteiger partial charge in [-0.3, -0.25) is 0 Å². The summed E-state index contributed by atoms with van der Waals surface area (Å²) in [5.74, 6) is 1.46. The van der Waals surface area contributed by atoms with Crippen molar-refractivity contribution in [3.05, 3.63) is 0 Å². The van der Waals surface area contributed by atoms with E-state index >= 15 is 0 Å². The first kappa shape index (κ1) is 11.4. The Kier molecular flexibility index (Phi) is 4.04. The Bertz CT molecular complexity index is 187. The normalized spacial score (nSPS) is 42.0. The molecule has 0 aromatic carbocycles. The van der Waals surface area contributed by atoms with Crippen molar-refractivity contribution in [2.75, 3.05) is 6.54 Å². The Hall–Kier alpha value is -0.0800. The molecule has 2 heteroatoms. The fourth-order valence-corrected chi connectivity index (χ4v) is 3.04. The van der Waals surface area contributed by atoms with E-state index in [0.717, 1.165) is 24.9 Å². The highest BCUT2D eigenvalue weighted by Crippen LogP contribution is 2.27. The number of aliphatic hydroxyl groups is 1. The Morgan fingerprint density at radius 1 is 1.07 bits per heavy atom. The van der Waals surface area contributed by atoms with E-state index in [4.69, 9.17) is 0 Å². The van der Waals surface area contributed by atoms with Crippen LogP contribution in [0, 0.1) is 11.8 Å². The quantitative estimate of drug-likeness (QED) is 0.751. The molecule has 2 aliphatic rings. The van der Waals surface area contributed by atoms with E-state index in [1.807, 2.05) is 0 Å². The predicted molar refractivity (Wildman–Crippen MR) is 62.8 cm³/mol. The van der Waals surface area contributed by atoms with E-state index in [1.54, 1.807) is 0 Å². The molecule has 2 saturated carbocycles. The van der Waals surface area contributed by atoms with Gasteiger partial charge in [0.05, 0.1) is 6.10 Å². The van der Waals surface area contributed by atoms with E-state index < -0.39 is 0 Å². The first-order valence-corrected chi connectivity index (χ1v) is 6.67. The van der Waals surface area contributed by atoms with Crippen molar-refractivity contribution in [2.24, 2.45) is 11.8 Å². The molecule has 2 rings (SSSR count). The fourth-order valence-electron chi connectivity index (χ4n) is 3.04. The molecule has 0 heterocycles. The molecule has 0 radical (unpaired) electrons. The van der Waals surface area contributed by atoms with Crippen LogP contribution in [0.25, 0.3) is 0 Å². The van der Waals surface area contributed by atoms with Crippen molar-refractivity contribution in [2.45, 2.75) is 64.0 Å². The van der Waals surface area contributed by atoms with Gasteiger partial charge in [-0.2, -0.15) is 0 Å². The lowest BCUT2D eigenvalue weighted by atomic mass is 9.87. The molecule has 2 nitrogen and oxygen atoms in total. The summed E-state index contributed by atoms with van der Waals surface area (Å²) in [7, 11) is 0. The van der Waals surface area contributed by atoms with Gasteiger partial charge in [0.25, 0.3) is 0 Å². The molecule has 15 heavy (non-hydrogen) atoms. The van der Waals surface area contributed by atoms with E-state index in [0.29, 0.717) is 5.92 Å². The molecule has 2 N–H and O–H groups in total. The first-order valence-electron chi connectivity index (χ1n) is 6.67. The minimum Gasteiger partial charge on any atom is -0.393 e. The second kappa shape index (κ2) is 5.31. The van der Waals surface area contributed by atoms with Crippen LogP contribution in [0.4, 0.5) is 0 Å². The van der Waals surface area contributed by atoms with E-state index in [9.17, 15) is 5.11 Å². The van der Waals surface area contributed by atoms with Crippen LogP contribution >= 0.6 is 0 Å². The Labute approximate surface area is 93.5 Å². The zero-order valence-electron chi connectivity index (χ0n) is 9.91. The summed E-state index contributed by atoms with van der Waals surface area (Å²) in [6, 6.07) is 0.731. The van der Waals surface area contributed by atoms with Gasteiger partial charge in [0.15, 0.2) is 0 Å². The second-order valence-corrected chi connectivity index (χ2v) is 5.62. The molecular formula is C13H25NO. The Balaban J connectivity index is 1.65. The summed E-state index contributed by atoms with van der Waals surface area (Å²) in [6.45, 7) is 3.40. The molecule has 2 aliphatic carbocycles. The molecule has 0 amide bonds. The Morgan fingerprint density at radius 2 is 1.80 bits per heavy atom. The molecule has 0 spiro atoms. The standard InChI is InChI=1S/C13H25NO/c1-10-5-7-12(8-6-10)14-9-11-3-2-4-13(11)15/h10-15H,2-9H2,1H3. The molecule has 0 aliphatic heterocycles. The molecule has 88 valence electrons. The van der Waals surface area contributed by atoms with Gasteiger partial charge in [0.2, 0.25) is 0 Å². The first-order chi connectivity index (χ1) is 7.25. The van der Waals surface area contributed by atoms with Crippen LogP contribution in [-0.4, -0.2) is 23.8 Å². The van der Waals surface area contributed by atoms with Crippen LogP contribution in [0.1, 0.15) is 51.9 Å². The summed E-state index contributed by atoms with van der Waals surface area (Å²) in [4.78, 5) is 0. The number of aliphatic hydroxyl groups excluding tert-OH is 1. The maximum atomic E-state index is 9.72. The van der Waals surface area contributed by atoms with Crippen molar-refractivity contribution < 1.29 is 5.11 Å². The van der Waals surface area contributed by atoms with Crippen LogP contribution in [0.3, 0.4) is 0 Å². The van der Waals surface area contributed by atoms with Gasteiger partial charge in [-0.1, -0.05) is 13.3 Å². The third-order valence-corrected chi connectivity index (χ3v) is 4.30. The number of nitrogens with one attached hydrogen (secondary N) is 1. The molecule has 2 unspecified atom stereocenters. The van der Waals surface area contributed by atoms with Gasteiger partial charge in [0, 0.05) is 12.6 Å². The van der Waals surface area contributed by atoms with Gasteiger partial charge < -0.3 is 10.4 Å². The molecule has 2 fully saturated rings. The molecule has 0 aromatic rings. The molecule has 0 aromatic heterocycles. The largest absolute Gasteiger partial charge is 0.393 e. The minimum absolute atomic E-state index is 0.0278. The fraction of sp³-hybridized carbons (Fsp3) is 1.00. The van der Waals surface area contributed by atoms with Gasteiger partial charge in [-0.15, -0.1) is 0 Å². The topological polar surface area (TPSA) is 32.3 Å². The van der Waals surface area contributed by atoms with Crippen molar-refractivity contribution in [3.63, 3.8) is 0 Å². The van der Waals surface area contributed by atoms with Crippen LogP contribution in [0.2, 0.25) is 0 Å². The summed E-state index contributed by atoms with van der Waals surface area (Å²) in [5.41, 5.74) is 0. The lowest BCUT2D eigenvalue weighted by Gasteiger charge is -2.28. The number of rotatable bonds is 3. The third-order valence-electron chi connectivity index (χ3n) is 4.30.